The van der Waals surface area contributed by atoms with E-state index in [-0.39, 0.29) is 18.3 Å². The molecule has 0 radical (unpaired) electrons. The molecule has 0 saturated carbocycles. The van der Waals surface area contributed by atoms with Crippen molar-refractivity contribution in [2.24, 2.45) is 5.92 Å². The molecule has 1 fully saturated rings. The third-order valence-electron chi connectivity index (χ3n) is 7.88. The normalized spacial score (nSPS) is 14.3. The lowest BCUT2D eigenvalue weighted by Gasteiger charge is -2.23. The molecule has 0 amide bonds. The summed E-state index contributed by atoms with van der Waals surface area (Å²) in [5.41, 5.74) is 7.52. The SMILES string of the molecule is CC#C[C@@H](CC(=O)OCC)c1ccc(OCc2ccc3scc(-c4ccc(CC5CCNCC5)cc4C)c3c2)cc1. The number of rotatable bonds is 10. The number of aryl methyl sites for hydroxylation is 1. The monoisotopic (exact) mass is 565 g/mol. The Kier molecular flexibility index (Phi) is 9.77. The fraction of sp³-hybridized carbons (Fsp3) is 0.361. The van der Waals surface area contributed by atoms with Gasteiger partial charge < -0.3 is 14.8 Å². The van der Waals surface area contributed by atoms with E-state index in [0.29, 0.717) is 13.2 Å². The number of carbonyl (C=O) groups is 1. The van der Waals surface area contributed by atoms with Crippen LogP contribution in [-0.2, 0) is 22.6 Å². The highest BCUT2D eigenvalue weighted by Crippen LogP contribution is 2.37. The first kappa shape index (κ1) is 28.9. The Morgan fingerprint density at radius 1 is 1.02 bits per heavy atom. The first-order chi connectivity index (χ1) is 20.0. The molecule has 1 aliphatic heterocycles. The fourth-order valence-corrected chi connectivity index (χ4v) is 6.67. The third kappa shape index (κ3) is 7.38. The molecular formula is C36H39NO3S. The molecule has 4 aromatic rings. The largest absolute Gasteiger partial charge is 0.489 e. The van der Waals surface area contributed by atoms with E-state index in [4.69, 9.17) is 9.47 Å². The number of benzene rings is 3. The summed E-state index contributed by atoms with van der Waals surface area (Å²) < 4.78 is 12.6. The lowest BCUT2D eigenvalue weighted by Crippen LogP contribution is -2.28. The number of thiophene rings is 1. The van der Waals surface area contributed by atoms with E-state index in [1.54, 1.807) is 18.3 Å². The fourth-order valence-electron chi connectivity index (χ4n) is 5.72. The van der Waals surface area contributed by atoms with E-state index < -0.39 is 0 Å². The average molecular weight is 566 g/mol. The molecule has 0 unspecified atom stereocenters. The topological polar surface area (TPSA) is 47.6 Å². The van der Waals surface area contributed by atoms with Crippen LogP contribution >= 0.6 is 11.3 Å². The van der Waals surface area contributed by atoms with Gasteiger partial charge in [-0.25, -0.2) is 0 Å². The second kappa shape index (κ2) is 13.9. The van der Waals surface area contributed by atoms with Crippen molar-refractivity contribution in [3.8, 4) is 28.7 Å². The molecule has 1 aromatic heterocycles. The standard InChI is InChI=1S/C36H39NO3S/c1-4-6-30(22-36(38)39-5-2)29-9-11-31(12-10-29)40-23-28-8-14-35-33(21-28)34(24-41-35)32-13-7-27(19-25(32)3)20-26-15-17-37-18-16-26/h7-14,19,21,24,26,30,37H,5,15-18,20,22-23H2,1-3H3/t30-/m0/s1. The van der Waals surface area contributed by atoms with Gasteiger partial charge in [0.15, 0.2) is 0 Å². The van der Waals surface area contributed by atoms with Gasteiger partial charge in [0.25, 0.3) is 0 Å². The maximum absolute atomic E-state index is 12.0. The van der Waals surface area contributed by atoms with Gasteiger partial charge >= 0.3 is 5.97 Å². The Labute approximate surface area is 248 Å². The van der Waals surface area contributed by atoms with Crippen LogP contribution in [0.2, 0.25) is 0 Å². The summed E-state index contributed by atoms with van der Waals surface area (Å²) in [5, 5.41) is 7.04. The van der Waals surface area contributed by atoms with Crippen molar-refractivity contribution in [3.05, 3.63) is 88.3 Å². The quantitative estimate of drug-likeness (QED) is 0.156. The highest BCUT2D eigenvalue weighted by molar-refractivity contribution is 7.17. The number of hydrogen-bond acceptors (Lipinski definition) is 5. The number of carbonyl (C=O) groups excluding carboxylic acids is 1. The zero-order valence-electron chi connectivity index (χ0n) is 24.3. The number of nitrogens with one attached hydrogen (secondary N) is 1. The summed E-state index contributed by atoms with van der Waals surface area (Å²) in [5.74, 6) is 7.23. The van der Waals surface area contributed by atoms with Crippen LogP contribution in [0.25, 0.3) is 21.2 Å². The lowest BCUT2D eigenvalue weighted by molar-refractivity contribution is -0.143. The van der Waals surface area contributed by atoms with Crippen molar-refractivity contribution < 1.29 is 14.3 Å². The summed E-state index contributed by atoms with van der Waals surface area (Å²) >= 11 is 1.80. The second-order valence-electron chi connectivity index (χ2n) is 10.8. The van der Waals surface area contributed by atoms with Crippen molar-refractivity contribution in [1.82, 2.24) is 5.32 Å². The van der Waals surface area contributed by atoms with E-state index in [2.05, 4.69) is 65.9 Å². The minimum Gasteiger partial charge on any atom is -0.489 e. The number of ether oxygens (including phenoxy) is 2. The molecule has 3 aromatic carbocycles. The molecule has 1 saturated heterocycles. The van der Waals surface area contributed by atoms with Crippen LogP contribution in [0, 0.1) is 24.7 Å². The summed E-state index contributed by atoms with van der Waals surface area (Å²) in [6, 6.07) is 21.5. The number of fused-ring (bicyclic) bond motifs is 1. The van der Waals surface area contributed by atoms with E-state index in [1.807, 2.05) is 31.2 Å². The van der Waals surface area contributed by atoms with Gasteiger partial charge in [-0.15, -0.1) is 17.3 Å². The molecule has 1 atom stereocenters. The van der Waals surface area contributed by atoms with Gasteiger partial charge in [-0.2, -0.15) is 0 Å². The maximum Gasteiger partial charge on any atom is 0.307 e. The highest BCUT2D eigenvalue weighted by atomic mass is 32.1. The van der Waals surface area contributed by atoms with Crippen molar-refractivity contribution in [1.29, 1.82) is 0 Å². The zero-order chi connectivity index (χ0) is 28.6. The van der Waals surface area contributed by atoms with E-state index in [1.165, 1.54) is 51.6 Å². The van der Waals surface area contributed by atoms with Crippen LogP contribution in [0.5, 0.6) is 5.75 Å². The molecule has 5 rings (SSSR count). The van der Waals surface area contributed by atoms with Crippen LogP contribution in [0.4, 0.5) is 0 Å². The van der Waals surface area contributed by atoms with Crippen LogP contribution < -0.4 is 10.1 Å². The zero-order valence-corrected chi connectivity index (χ0v) is 25.1. The average Bonchev–Trinajstić information content (AvgIpc) is 3.40. The van der Waals surface area contributed by atoms with Crippen LogP contribution in [0.15, 0.2) is 66.0 Å². The number of hydrogen-bond donors (Lipinski definition) is 1. The van der Waals surface area contributed by atoms with Gasteiger partial charge in [0.05, 0.1) is 18.9 Å². The minimum atomic E-state index is -0.230. The van der Waals surface area contributed by atoms with Crippen molar-refractivity contribution in [2.75, 3.05) is 19.7 Å². The summed E-state index contributed by atoms with van der Waals surface area (Å²) in [4.78, 5) is 12.0. The van der Waals surface area contributed by atoms with Crippen LogP contribution in [0.1, 0.15) is 61.3 Å². The molecule has 212 valence electrons. The maximum atomic E-state index is 12.0. The van der Waals surface area contributed by atoms with Gasteiger partial charge in [0.1, 0.15) is 12.4 Å². The Bertz CT molecular complexity index is 1540. The van der Waals surface area contributed by atoms with Crippen LogP contribution in [-0.4, -0.2) is 25.7 Å². The predicted octanol–water partition coefficient (Wildman–Crippen LogP) is 8.06. The summed E-state index contributed by atoms with van der Waals surface area (Å²) in [6.07, 6.45) is 3.97. The van der Waals surface area contributed by atoms with Crippen molar-refractivity contribution >= 4 is 27.4 Å². The number of esters is 1. The van der Waals surface area contributed by atoms with E-state index in [9.17, 15) is 4.79 Å². The molecule has 0 spiro atoms. The lowest BCUT2D eigenvalue weighted by atomic mass is 9.89. The number of piperidine rings is 1. The Morgan fingerprint density at radius 3 is 2.54 bits per heavy atom. The smallest absolute Gasteiger partial charge is 0.307 e. The molecule has 0 aliphatic carbocycles. The Hall–Kier alpha value is -3.59. The second-order valence-corrected chi connectivity index (χ2v) is 11.8. The first-order valence-electron chi connectivity index (χ1n) is 14.7. The van der Waals surface area contributed by atoms with Gasteiger partial charge in [-0.1, -0.05) is 42.3 Å². The van der Waals surface area contributed by atoms with Gasteiger partial charge in [-0.05, 0) is 117 Å². The molecular weight excluding hydrogens is 526 g/mol. The highest BCUT2D eigenvalue weighted by Gasteiger charge is 2.17. The van der Waals surface area contributed by atoms with Crippen molar-refractivity contribution in [2.45, 2.75) is 59.0 Å². The third-order valence-corrected chi connectivity index (χ3v) is 8.85. The van der Waals surface area contributed by atoms with E-state index in [0.717, 1.165) is 35.9 Å². The Morgan fingerprint density at radius 2 is 1.80 bits per heavy atom. The molecule has 2 heterocycles. The van der Waals surface area contributed by atoms with Gasteiger partial charge in [-0.3, -0.25) is 4.79 Å². The molecule has 1 aliphatic rings. The first-order valence-corrected chi connectivity index (χ1v) is 15.5. The van der Waals surface area contributed by atoms with Gasteiger partial charge in [0, 0.05) is 15.6 Å². The molecule has 1 N–H and O–H groups in total. The van der Waals surface area contributed by atoms with Crippen molar-refractivity contribution in [3.63, 3.8) is 0 Å². The minimum absolute atomic E-state index is 0.186. The molecule has 0 bridgehead atoms. The molecule has 41 heavy (non-hydrogen) atoms. The summed E-state index contributed by atoms with van der Waals surface area (Å²) in [6.45, 7) is 9.00. The molecule has 4 nitrogen and oxygen atoms in total. The van der Waals surface area contributed by atoms with Crippen LogP contribution in [0.3, 0.4) is 0 Å². The molecule has 5 heteroatoms. The predicted molar refractivity (Wildman–Crippen MR) is 170 cm³/mol. The van der Waals surface area contributed by atoms with Gasteiger partial charge in [0.2, 0.25) is 0 Å². The summed E-state index contributed by atoms with van der Waals surface area (Å²) in [7, 11) is 0. The van der Waals surface area contributed by atoms with E-state index >= 15 is 0 Å². The Balaban J connectivity index is 1.27.